The number of hydrogen-bond acceptors (Lipinski definition) is 4. The lowest BCUT2D eigenvalue weighted by Crippen LogP contribution is -2.38. The maximum atomic E-state index is 5.94. The monoisotopic (exact) mass is 420 g/mol. The van der Waals surface area contributed by atoms with E-state index in [0.29, 0.717) is 19.1 Å². The highest BCUT2D eigenvalue weighted by atomic mass is 127. The van der Waals surface area contributed by atoms with Crippen LogP contribution >= 0.6 is 24.0 Å². The van der Waals surface area contributed by atoms with E-state index in [4.69, 9.17) is 15.2 Å². The average Bonchev–Trinajstić information content (AvgIpc) is 2.50. The molecule has 1 aliphatic rings. The molecule has 0 radical (unpaired) electrons. The second-order valence-electron chi connectivity index (χ2n) is 4.94. The molecule has 6 nitrogen and oxygen atoms in total. The number of benzene rings is 1. The second kappa shape index (κ2) is 10.8. The third-order valence-electron chi connectivity index (χ3n) is 3.38. The zero-order valence-corrected chi connectivity index (χ0v) is 15.3. The SMILES string of the molecule is COCc1ccccc1NC(N)=NCCN1CCOCC1.I. The van der Waals surface area contributed by atoms with Gasteiger partial charge in [0.05, 0.1) is 26.4 Å². The van der Waals surface area contributed by atoms with E-state index < -0.39 is 0 Å². The van der Waals surface area contributed by atoms with Crippen LogP contribution in [0.4, 0.5) is 5.69 Å². The van der Waals surface area contributed by atoms with Crippen molar-refractivity contribution in [1.82, 2.24) is 4.90 Å². The molecule has 3 N–H and O–H groups in total. The van der Waals surface area contributed by atoms with E-state index in [0.717, 1.165) is 44.1 Å². The van der Waals surface area contributed by atoms with Gasteiger partial charge < -0.3 is 20.5 Å². The minimum atomic E-state index is 0. The van der Waals surface area contributed by atoms with Crippen molar-refractivity contribution < 1.29 is 9.47 Å². The van der Waals surface area contributed by atoms with Crippen molar-refractivity contribution in [2.75, 3.05) is 51.8 Å². The average molecular weight is 420 g/mol. The number of rotatable bonds is 6. The van der Waals surface area contributed by atoms with Gasteiger partial charge in [0, 0.05) is 38.0 Å². The molecule has 0 unspecified atom stereocenters. The largest absolute Gasteiger partial charge is 0.380 e. The predicted octanol–water partition coefficient (Wildman–Crippen LogP) is 1.51. The maximum absolute atomic E-state index is 5.94. The van der Waals surface area contributed by atoms with Crippen molar-refractivity contribution in [2.45, 2.75) is 6.61 Å². The third kappa shape index (κ3) is 6.47. The number of methoxy groups -OCH3 is 1. The molecule has 0 bridgehead atoms. The molecule has 0 aromatic heterocycles. The van der Waals surface area contributed by atoms with Gasteiger partial charge >= 0.3 is 0 Å². The summed E-state index contributed by atoms with van der Waals surface area (Å²) >= 11 is 0. The molecular weight excluding hydrogens is 395 g/mol. The third-order valence-corrected chi connectivity index (χ3v) is 3.38. The smallest absolute Gasteiger partial charge is 0.193 e. The van der Waals surface area contributed by atoms with Crippen molar-refractivity contribution in [2.24, 2.45) is 10.7 Å². The van der Waals surface area contributed by atoms with E-state index in [-0.39, 0.29) is 24.0 Å². The zero-order valence-electron chi connectivity index (χ0n) is 13.0. The highest BCUT2D eigenvalue weighted by Crippen LogP contribution is 2.15. The number of para-hydroxylation sites is 1. The Bertz CT molecular complexity index is 465. The number of hydrogen-bond donors (Lipinski definition) is 2. The standard InChI is InChI=1S/C15H24N4O2.HI/c1-20-12-13-4-2-3-5-14(13)18-15(16)17-6-7-19-8-10-21-11-9-19;/h2-5H,6-12H2,1H3,(H3,16,17,18);1H. The van der Waals surface area contributed by atoms with Gasteiger partial charge in [-0.1, -0.05) is 18.2 Å². The van der Waals surface area contributed by atoms with Crippen LogP contribution in [0.5, 0.6) is 0 Å². The number of aliphatic imine (C=N–C) groups is 1. The topological polar surface area (TPSA) is 72.1 Å². The van der Waals surface area contributed by atoms with E-state index in [2.05, 4.69) is 15.2 Å². The van der Waals surface area contributed by atoms with Crippen LogP contribution in [0.15, 0.2) is 29.3 Å². The van der Waals surface area contributed by atoms with E-state index in [1.54, 1.807) is 7.11 Å². The van der Waals surface area contributed by atoms with Gasteiger partial charge in [-0.25, -0.2) is 0 Å². The van der Waals surface area contributed by atoms with Crippen LogP contribution in [-0.4, -0.2) is 57.4 Å². The summed E-state index contributed by atoms with van der Waals surface area (Å²) in [6, 6.07) is 7.92. The van der Waals surface area contributed by atoms with Crippen molar-refractivity contribution in [1.29, 1.82) is 0 Å². The van der Waals surface area contributed by atoms with Gasteiger partial charge in [0.15, 0.2) is 5.96 Å². The Balaban J connectivity index is 0.00000242. The lowest BCUT2D eigenvalue weighted by Gasteiger charge is -2.25. The van der Waals surface area contributed by atoms with Crippen LogP contribution < -0.4 is 11.1 Å². The minimum Gasteiger partial charge on any atom is -0.380 e. The Kier molecular flexibility index (Phi) is 9.37. The Labute approximate surface area is 149 Å². The molecule has 0 amide bonds. The first-order valence-corrected chi connectivity index (χ1v) is 7.23. The van der Waals surface area contributed by atoms with Crippen LogP contribution in [0.1, 0.15) is 5.56 Å². The van der Waals surface area contributed by atoms with Crippen molar-refractivity contribution in [3.8, 4) is 0 Å². The summed E-state index contributed by atoms with van der Waals surface area (Å²) in [5.74, 6) is 0.437. The number of morpholine rings is 1. The number of nitrogens with zero attached hydrogens (tertiary/aromatic N) is 2. The first-order valence-electron chi connectivity index (χ1n) is 7.23. The van der Waals surface area contributed by atoms with Crippen molar-refractivity contribution in [3.05, 3.63) is 29.8 Å². The van der Waals surface area contributed by atoms with Gasteiger partial charge in [-0.3, -0.25) is 9.89 Å². The molecule has 0 aliphatic carbocycles. The van der Waals surface area contributed by atoms with Gasteiger partial charge in [0.25, 0.3) is 0 Å². The molecule has 22 heavy (non-hydrogen) atoms. The van der Waals surface area contributed by atoms with E-state index >= 15 is 0 Å². The Morgan fingerprint density at radius 2 is 2.09 bits per heavy atom. The molecule has 1 heterocycles. The lowest BCUT2D eigenvalue weighted by atomic mass is 10.2. The first kappa shape index (κ1) is 19.1. The Morgan fingerprint density at radius 3 is 2.82 bits per heavy atom. The van der Waals surface area contributed by atoms with Gasteiger partial charge in [-0.15, -0.1) is 24.0 Å². The van der Waals surface area contributed by atoms with Gasteiger partial charge in [-0.2, -0.15) is 0 Å². The minimum absolute atomic E-state index is 0. The number of guanidine groups is 1. The number of anilines is 1. The summed E-state index contributed by atoms with van der Waals surface area (Å²) in [4.78, 5) is 6.71. The van der Waals surface area contributed by atoms with E-state index in [1.807, 2.05) is 24.3 Å². The molecule has 1 saturated heterocycles. The van der Waals surface area contributed by atoms with Crippen molar-refractivity contribution >= 4 is 35.6 Å². The Hall–Kier alpha value is -0.900. The lowest BCUT2D eigenvalue weighted by molar-refractivity contribution is 0.0394. The molecule has 1 aromatic carbocycles. The predicted molar refractivity (Wildman–Crippen MR) is 99.9 cm³/mol. The Morgan fingerprint density at radius 1 is 1.36 bits per heavy atom. The van der Waals surface area contributed by atoms with Crippen LogP contribution in [0.2, 0.25) is 0 Å². The second-order valence-corrected chi connectivity index (χ2v) is 4.94. The van der Waals surface area contributed by atoms with Crippen LogP contribution in [-0.2, 0) is 16.1 Å². The summed E-state index contributed by atoms with van der Waals surface area (Å²) in [5.41, 5.74) is 7.94. The van der Waals surface area contributed by atoms with Crippen molar-refractivity contribution in [3.63, 3.8) is 0 Å². The number of halogens is 1. The van der Waals surface area contributed by atoms with Crippen LogP contribution in [0, 0.1) is 0 Å². The molecule has 124 valence electrons. The molecule has 0 atom stereocenters. The molecular formula is C15H25IN4O2. The summed E-state index contributed by atoms with van der Waals surface area (Å²) in [6.45, 7) is 5.70. The molecule has 7 heteroatoms. The summed E-state index contributed by atoms with van der Waals surface area (Å²) in [7, 11) is 1.68. The number of ether oxygens (including phenoxy) is 2. The molecule has 1 aliphatic heterocycles. The van der Waals surface area contributed by atoms with Gasteiger partial charge in [0.1, 0.15) is 0 Å². The van der Waals surface area contributed by atoms with Crippen LogP contribution in [0.3, 0.4) is 0 Å². The maximum Gasteiger partial charge on any atom is 0.193 e. The molecule has 2 rings (SSSR count). The quantitative estimate of drug-likeness (QED) is 0.415. The molecule has 1 aromatic rings. The van der Waals surface area contributed by atoms with E-state index in [1.165, 1.54) is 0 Å². The summed E-state index contributed by atoms with van der Waals surface area (Å²) in [6.07, 6.45) is 0. The summed E-state index contributed by atoms with van der Waals surface area (Å²) in [5, 5.41) is 3.14. The molecule has 0 saturated carbocycles. The number of nitrogens with one attached hydrogen (secondary N) is 1. The highest BCUT2D eigenvalue weighted by Gasteiger charge is 2.09. The van der Waals surface area contributed by atoms with Gasteiger partial charge in [-0.05, 0) is 6.07 Å². The zero-order chi connectivity index (χ0) is 14.9. The fourth-order valence-corrected chi connectivity index (χ4v) is 2.24. The van der Waals surface area contributed by atoms with Crippen LogP contribution in [0.25, 0.3) is 0 Å². The highest BCUT2D eigenvalue weighted by molar-refractivity contribution is 14.0. The normalized spacial score (nSPS) is 16.1. The molecule has 0 spiro atoms. The van der Waals surface area contributed by atoms with E-state index in [9.17, 15) is 0 Å². The molecule has 1 fully saturated rings. The fraction of sp³-hybridized carbons (Fsp3) is 0.533. The first-order chi connectivity index (χ1) is 10.3. The number of nitrogens with two attached hydrogens (primary N) is 1. The fourth-order valence-electron chi connectivity index (χ4n) is 2.24. The van der Waals surface area contributed by atoms with Gasteiger partial charge in [0.2, 0.25) is 0 Å². The summed E-state index contributed by atoms with van der Waals surface area (Å²) < 4.78 is 10.5.